The number of pyridine rings is 1. The predicted octanol–water partition coefficient (Wildman–Crippen LogP) is 12.2. The van der Waals surface area contributed by atoms with Gasteiger partial charge in [0, 0.05) is 27.6 Å². The third-order valence-corrected chi connectivity index (χ3v) is 9.86. The molecule has 0 atom stereocenters. The van der Waals surface area contributed by atoms with E-state index in [0.717, 1.165) is 71.5 Å². The maximum atomic E-state index is 5.33. The summed E-state index contributed by atoms with van der Waals surface area (Å²) < 4.78 is 0. The highest BCUT2D eigenvalue weighted by Crippen LogP contribution is 2.41. The fourth-order valence-electron chi connectivity index (χ4n) is 7.30. The lowest BCUT2D eigenvalue weighted by atomic mass is 9.92. The summed E-state index contributed by atoms with van der Waals surface area (Å²) in [6.07, 6.45) is 0. The molecule has 8 aromatic carbocycles. The lowest BCUT2D eigenvalue weighted by molar-refractivity contribution is 1.08. The standard InChI is InChI=1S/C48H30N4/c1-3-15-33(16-4-1)41-29-43(34-17-5-2-6-18-34)49-44-30-42(39-21-11-12-22-40(39)45(41)44)48-51-46(37-25-23-31-13-7-9-19-35(31)27-37)50-47(52-48)38-26-24-32-14-8-10-20-36(32)28-38/h1-30H. The van der Waals surface area contributed by atoms with E-state index in [2.05, 4.69) is 176 Å². The van der Waals surface area contributed by atoms with Gasteiger partial charge in [-0.2, -0.15) is 0 Å². The minimum atomic E-state index is 0.604. The maximum absolute atomic E-state index is 5.33. The van der Waals surface area contributed by atoms with Crippen LogP contribution >= 0.6 is 0 Å². The van der Waals surface area contributed by atoms with E-state index >= 15 is 0 Å². The van der Waals surface area contributed by atoms with Gasteiger partial charge in [-0.15, -0.1) is 0 Å². The molecule has 0 unspecified atom stereocenters. The van der Waals surface area contributed by atoms with Crippen molar-refractivity contribution in [3.05, 3.63) is 182 Å². The second-order valence-corrected chi connectivity index (χ2v) is 13.1. The van der Waals surface area contributed by atoms with Crippen molar-refractivity contribution in [2.24, 2.45) is 0 Å². The van der Waals surface area contributed by atoms with Gasteiger partial charge in [-0.05, 0) is 67.7 Å². The van der Waals surface area contributed by atoms with E-state index in [9.17, 15) is 0 Å². The molecule has 0 fully saturated rings. The van der Waals surface area contributed by atoms with Crippen molar-refractivity contribution in [3.8, 4) is 56.5 Å². The molecule has 0 radical (unpaired) electrons. The van der Waals surface area contributed by atoms with Crippen molar-refractivity contribution >= 4 is 43.2 Å². The van der Waals surface area contributed by atoms with Crippen LogP contribution in [0.15, 0.2) is 182 Å². The van der Waals surface area contributed by atoms with Crippen molar-refractivity contribution < 1.29 is 0 Å². The van der Waals surface area contributed by atoms with E-state index < -0.39 is 0 Å². The second-order valence-electron chi connectivity index (χ2n) is 13.1. The van der Waals surface area contributed by atoms with Crippen molar-refractivity contribution in [1.29, 1.82) is 0 Å². The van der Waals surface area contributed by atoms with E-state index in [1.165, 1.54) is 10.8 Å². The monoisotopic (exact) mass is 662 g/mol. The van der Waals surface area contributed by atoms with E-state index in [1.54, 1.807) is 0 Å². The largest absolute Gasteiger partial charge is 0.248 e. The van der Waals surface area contributed by atoms with Gasteiger partial charge in [-0.3, -0.25) is 0 Å². The summed E-state index contributed by atoms with van der Waals surface area (Å²) >= 11 is 0. The highest BCUT2D eigenvalue weighted by Gasteiger charge is 2.19. The van der Waals surface area contributed by atoms with Crippen LogP contribution in [0.1, 0.15) is 0 Å². The average Bonchev–Trinajstić information content (AvgIpc) is 3.23. The van der Waals surface area contributed by atoms with Crippen LogP contribution in [0, 0.1) is 0 Å². The first-order chi connectivity index (χ1) is 25.7. The minimum absolute atomic E-state index is 0.604. The van der Waals surface area contributed by atoms with Gasteiger partial charge in [0.05, 0.1) is 11.2 Å². The van der Waals surface area contributed by atoms with Crippen LogP contribution in [-0.4, -0.2) is 19.9 Å². The lowest BCUT2D eigenvalue weighted by Crippen LogP contribution is -2.01. The van der Waals surface area contributed by atoms with Crippen LogP contribution in [0.5, 0.6) is 0 Å². The van der Waals surface area contributed by atoms with Crippen molar-refractivity contribution in [3.63, 3.8) is 0 Å². The van der Waals surface area contributed by atoms with E-state index in [-0.39, 0.29) is 0 Å². The molecule has 2 aromatic heterocycles. The Morgan fingerprint density at radius 3 is 1.40 bits per heavy atom. The molecule has 2 heterocycles. The molecule has 0 amide bonds. The zero-order valence-corrected chi connectivity index (χ0v) is 28.1. The number of aromatic nitrogens is 4. The molecule has 4 heteroatoms. The van der Waals surface area contributed by atoms with Crippen LogP contribution in [0.4, 0.5) is 0 Å². The Bertz CT molecular complexity index is 2860. The van der Waals surface area contributed by atoms with Gasteiger partial charge in [0.15, 0.2) is 17.5 Å². The highest BCUT2D eigenvalue weighted by molar-refractivity contribution is 6.18. The Morgan fingerprint density at radius 1 is 0.288 bits per heavy atom. The van der Waals surface area contributed by atoms with Crippen LogP contribution in [-0.2, 0) is 0 Å². The molecular formula is C48H30N4. The van der Waals surface area contributed by atoms with Crippen LogP contribution in [0.3, 0.4) is 0 Å². The van der Waals surface area contributed by atoms with Gasteiger partial charge in [-0.1, -0.05) is 158 Å². The molecule has 0 bridgehead atoms. The molecule has 10 aromatic rings. The van der Waals surface area contributed by atoms with Crippen LogP contribution in [0.25, 0.3) is 99.8 Å². The van der Waals surface area contributed by atoms with Crippen molar-refractivity contribution in [2.75, 3.05) is 0 Å². The fourth-order valence-corrected chi connectivity index (χ4v) is 7.30. The Morgan fingerprint density at radius 2 is 0.788 bits per heavy atom. The molecule has 0 aliphatic carbocycles. The molecule has 52 heavy (non-hydrogen) atoms. The summed E-state index contributed by atoms with van der Waals surface area (Å²) in [5.41, 5.74) is 7.92. The van der Waals surface area contributed by atoms with E-state index in [4.69, 9.17) is 19.9 Å². The molecule has 0 aliphatic rings. The molecule has 4 nitrogen and oxygen atoms in total. The number of hydrogen-bond donors (Lipinski definition) is 0. The average molecular weight is 663 g/mol. The molecule has 0 saturated heterocycles. The van der Waals surface area contributed by atoms with Gasteiger partial charge < -0.3 is 0 Å². The number of hydrogen-bond acceptors (Lipinski definition) is 4. The third-order valence-electron chi connectivity index (χ3n) is 9.86. The summed E-state index contributed by atoms with van der Waals surface area (Å²) in [6.45, 7) is 0. The van der Waals surface area contributed by atoms with Crippen LogP contribution in [0.2, 0.25) is 0 Å². The summed E-state index contributed by atoms with van der Waals surface area (Å²) in [7, 11) is 0. The summed E-state index contributed by atoms with van der Waals surface area (Å²) in [5, 5.41) is 7.87. The van der Waals surface area contributed by atoms with Crippen molar-refractivity contribution in [2.45, 2.75) is 0 Å². The maximum Gasteiger partial charge on any atom is 0.164 e. The third kappa shape index (κ3) is 5.26. The number of nitrogens with zero attached hydrogens (tertiary/aromatic N) is 4. The SMILES string of the molecule is c1ccc(-c2cc(-c3ccccc3)c3c(cc(-c4nc(-c5ccc6ccccc6c5)nc(-c5ccc6ccccc6c5)n4)c4ccccc43)n2)cc1. The summed E-state index contributed by atoms with van der Waals surface area (Å²) in [6, 6.07) is 63.4. The topological polar surface area (TPSA) is 51.6 Å². The Labute approximate surface area is 300 Å². The normalized spacial score (nSPS) is 11.5. The van der Waals surface area contributed by atoms with E-state index in [0.29, 0.717) is 17.5 Å². The molecule has 0 N–H and O–H groups in total. The predicted molar refractivity (Wildman–Crippen MR) is 215 cm³/mol. The van der Waals surface area contributed by atoms with Crippen molar-refractivity contribution in [1.82, 2.24) is 19.9 Å². The number of rotatable bonds is 5. The quantitative estimate of drug-likeness (QED) is 0.172. The molecule has 0 saturated carbocycles. The second kappa shape index (κ2) is 12.4. The Kier molecular flexibility index (Phi) is 7.10. The van der Waals surface area contributed by atoms with Gasteiger partial charge in [-0.25, -0.2) is 19.9 Å². The Hall–Kier alpha value is -7.04. The first-order valence-electron chi connectivity index (χ1n) is 17.5. The van der Waals surface area contributed by atoms with Gasteiger partial charge >= 0.3 is 0 Å². The van der Waals surface area contributed by atoms with Gasteiger partial charge in [0.2, 0.25) is 0 Å². The number of fused-ring (bicyclic) bond motifs is 5. The zero-order chi connectivity index (χ0) is 34.4. The molecule has 10 rings (SSSR count). The summed E-state index contributed by atoms with van der Waals surface area (Å²) in [4.78, 5) is 20.9. The molecule has 0 spiro atoms. The lowest BCUT2D eigenvalue weighted by Gasteiger charge is -2.16. The highest BCUT2D eigenvalue weighted by atomic mass is 15.0. The first-order valence-corrected chi connectivity index (χ1v) is 17.5. The first kappa shape index (κ1) is 29.8. The Balaban J connectivity index is 1.27. The molecule has 0 aliphatic heterocycles. The van der Waals surface area contributed by atoms with Crippen LogP contribution < -0.4 is 0 Å². The number of benzene rings is 8. The summed E-state index contributed by atoms with van der Waals surface area (Å²) in [5.74, 6) is 1.85. The minimum Gasteiger partial charge on any atom is -0.248 e. The fraction of sp³-hybridized carbons (Fsp3) is 0. The van der Waals surface area contributed by atoms with Gasteiger partial charge in [0.1, 0.15) is 0 Å². The van der Waals surface area contributed by atoms with E-state index in [1.807, 2.05) is 6.07 Å². The van der Waals surface area contributed by atoms with Gasteiger partial charge in [0.25, 0.3) is 0 Å². The molecule has 242 valence electrons. The zero-order valence-electron chi connectivity index (χ0n) is 28.1. The molecular weight excluding hydrogens is 633 g/mol. The smallest absolute Gasteiger partial charge is 0.164 e.